The number of nitrogens with one attached hydrogen (secondary N) is 1. The van der Waals surface area contributed by atoms with Crippen molar-refractivity contribution in [1.29, 1.82) is 0 Å². The maximum absolute atomic E-state index is 13.1. The molecule has 0 spiro atoms. The molecule has 0 fully saturated rings. The van der Waals surface area contributed by atoms with Crippen LogP contribution in [0.25, 0.3) is 11.6 Å². The van der Waals surface area contributed by atoms with Gasteiger partial charge in [-0.1, -0.05) is 29.4 Å². The van der Waals surface area contributed by atoms with Gasteiger partial charge in [0.1, 0.15) is 5.69 Å². The van der Waals surface area contributed by atoms with Crippen molar-refractivity contribution in [2.24, 2.45) is 7.05 Å². The lowest BCUT2D eigenvalue weighted by atomic mass is 10.0. The smallest absolute Gasteiger partial charge is 0.322 e. The molecule has 0 radical (unpaired) electrons. The summed E-state index contributed by atoms with van der Waals surface area (Å²) in [5, 5.41) is 14.6. The summed E-state index contributed by atoms with van der Waals surface area (Å²) >= 11 is 0. The summed E-state index contributed by atoms with van der Waals surface area (Å²) in [5.74, 6) is -0.268. The van der Waals surface area contributed by atoms with E-state index < -0.39 is 15.9 Å². The van der Waals surface area contributed by atoms with E-state index in [2.05, 4.69) is 20.6 Å². The highest BCUT2D eigenvalue weighted by molar-refractivity contribution is 7.89. The van der Waals surface area contributed by atoms with Crippen LogP contribution in [-0.2, 0) is 30.0 Å². The number of carbonyl (C=O) groups excluding carboxylic acids is 1. The third-order valence-corrected chi connectivity index (χ3v) is 7.58. The zero-order valence-corrected chi connectivity index (χ0v) is 19.4. The molecule has 1 aliphatic heterocycles. The van der Waals surface area contributed by atoms with Crippen LogP contribution in [0.5, 0.6) is 0 Å². The van der Waals surface area contributed by atoms with Crippen molar-refractivity contribution in [2.75, 3.05) is 11.9 Å². The molecule has 0 saturated heterocycles. The fourth-order valence-electron chi connectivity index (χ4n) is 3.96. The Morgan fingerprint density at radius 2 is 1.79 bits per heavy atom. The molecule has 1 aliphatic rings. The van der Waals surface area contributed by atoms with Crippen molar-refractivity contribution in [3.05, 3.63) is 77.0 Å². The second-order valence-electron chi connectivity index (χ2n) is 8.04. The summed E-state index contributed by atoms with van der Waals surface area (Å²) in [4.78, 5) is 12.7. The minimum Gasteiger partial charge on any atom is -0.401 e. The molecule has 0 aliphatic carbocycles. The summed E-state index contributed by atoms with van der Waals surface area (Å²) in [6.45, 7) is 2.59. The van der Waals surface area contributed by atoms with Crippen molar-refractivity contribution < 1.29 is 17.6 Å². The fourth-order valence-corrected chi connectivity index (χ4v) is 5.38. The number of aromatic nitrogens is 4. The van der Waals surface area contributed by atoms with Gasteiger partial charge in [-0.2, -0.15) is 9.40 Å². The average Bonchev–Trinajstić information content (AvgIpc) is 3.43. The number of anilines is 1. The van der Waals surface area contributed by atoms with Crippen molar-refractivity contribution in [3.8, 4) is 11.6 Å². The lowest BCUT2D eigenvalue weighted by molar-refractivity contribution is 0.102. The Kier molecular flexibility index (Phi) is 5.50. The van der Waals surface area contributed by atoms with Gasteiger partial charge in [-0.15, -0.1) is 5.10 Å². The molecule has 34 heavy (non-hydrogen) atoms. The second-order valence-corrected chi connectivity index (χ2v) is 9.98. The molecule has 11 heteroatoms. The zero-order chi connectivity index (χ0) is 23.9. The van der Waals surface area contributed by atoms with Gasteiger partial charge in [-0.05, 0) is 54.8 Å². The number of nitrogens with zero attached hydrogens (tertiary/aromatic N) is 5. The third kappa shape index (κ3) is 4.11. The maximum atomic E-state index is 13.1. The molecule has 1 N–H and O–H groups in total. The molecule has 10 nitrogen and oxygen atoms in total. The number of amides is 1. The topological polar surface area (TPSA) is 123 Å². The van der Waals surface area contributed by atoms with E-state index in [1.165, 1.54) is 34.1 Å². The van der Waals surface area contributed by atoms with Gasteiger partial charge in [-0.25, -0.2) is 8.42 Å². The largest absolute Gasteiger partial charge is 0.401 e. The van der Waals surface area contributed by atoms with E-state index in [-0.39, 0.29) is 22.4 Å². The van der Waals surface area contributed by atoms with Crippen LogP contribution in [0.3, 0.4) is 0 Å². The fraction of sp³-hybridized carbons (Fsp3) is 0.217. The average molecular weight is 479 g/mol. The maximum Gasteiger partial charge on any atom is 0.322 e. The van der Waals surface area contributed by atoms with Crippen LogP contribution < -0.4 is 5.32 Å². The molecule has 0 saturated carbocycles. The van der Waals surface area contributed by atoms with E-state index in [0.717, 1.165) is 11.3 Å². The Labute approximate surface area is 196 Å². The summed E-state index contributed by atoms with van der Waals surface area (Å²) in [6.07, 6.45) is 0.667. The normalized spacial score (nSPS) is 14.1. The van der Waals surface area contributed by atoms with Gasteiger partial charge in [0, 0.05) is 25.7 Å². The molecule has 3 heterocycles. The minimum absolute atomic E-state index is 0.0671. The van der Waals surface area contributed by atoms with E-state index in [9.17, 15) is 13.2 Å². The van der Waals surface area contributed by atoms with Gasteiger partial charge >= 0.3 is 6.01 Å². The molecule has 2 aromatic heterocycles. The standard InChI is InChI=1S/C23H22N6O4S/c1-15-13-20(28(2)27-15)22-25-26-23(33-22)24-21(30)17-7-9-19(10-8-17)34(31,32)29-12-11-16-5-3-4-6-18(16)14-29/h3-10,13H,11-12,14H2,1-2H3,(H,24,26,30). The molecule has 174 valence electrons. The number of aryl methyl sites for hydroxylation is 2. The van der Waals surface area contributed by atoms with Gasteiger partial charge in [0.05, 0.1) is 10.6 Å². The first-order valence-electron chi connectivity index (χ1n) is 10.6. The van der Waals surface area contributed by atoms with Crippen molar-refractivity contribution >= 4 is 21.9 Å². The summed E-state index contributed by atoms with van der Waals surface area (Å²) in [6, 6.07) is 15.4. The second kappa shape index (κ2) is 8.50. The third-order valence-electron chi connectivity index (χ3n) is 5.72. The van der Waals surface area contributed by atoms with Crippen molar-refractivity contribution in [3.63, 3.8) is 0 Å². The predicted molar refractivity (Wildman–Crippen MR) is 123 cm³/mol. The first-order chi connectivity index (χ1) is 16.3. The first kappa shape index (κ1) is 22.0. The van der Waals surface area contributed by atoms with Crippen molar-refractivity contribution in [1.82, 2.24) is 24.3 Å². The van der Waals surface area contributed by atoms with Crippen LogP contribution >= 0.6 is 0 Å². The SMILES string of the molecule is Cc1cc(-c2nnc(NC(=O)c3ccc(S(=O)(=O)N4CCc5ccccc5C4)cc3)o2)n(C)n1. The summed E-state index contributed by atoms with van der Waals surface area (Å²) in [7, 11) is -1.93. The molecular formula is C23H22N6O4S. The lowest BCUT2D eigenvalue weighted by Gasteiger charge is -2.28. The first-order valence-corrected chi connectivity index (χ1v) is 12.1. The van der Waals surface area contributed by atoms with E-state index in [1.54, 1.807) is 17.8 Å². The number of carbonyl (C=O) groups is 1. The van der Waals surface area contributed by atoms with Gasteiger partial charge in [0.25, 0.3) is 11.8 Å². The zero-order valence-electron chi connectivity index (χ0n) is 18.6. The number of fused-ring (bicyclic) bond motifs is 1. The highest BCUT2D eigenvalue weighted by Gasteiger charge is 2.28. The number of rotatable bonds is 5. The van der Waals surface area contributed by atoms with E-state index in [0.29, 0.717) is 25.2 Å². The highest BCUT2D eigenvalue weighted by Crippen LogP contribution is 2.25. The van der Waals surface area contributed by atoms with Crippen LogP contribution in [0.15, 0.2) is 63.9 Å². The van der Waals surface area contributed by atoms with E-state index in [4.69, 9.17) is 4.42 Å². The molecule has 2 aromatic carbocycles. The molecular weight excluding hydrogens is 456 g/mol. The predicted octanol–water partition coefficient (Wildman–Crippen LogP) is 2.78. The van der Waals surface area contributed by atoms with Gasteiger partial charge in [-0.3, -0.25) is 14.8 Å². The highest BCUT2D eigenvalue weighted by atomic mass is 32.2. The monoisotopic (exact) mass is 478 g/mol. The Bertz CT molecular complexity index is 1470. The van der Waals surface area contributed by atoms with Crippen LogP contribution in [0.4, 0.5) is 6.01 Å². The van der Waals surface area contributed by atoms with Crippen LogP contribution in [0.1, 0.15) is 27.2 Å². The van der Waals surface area contributed by atoms with E-state index in [1.807, 2.05) is 31.2 Å². The Morgan fingerprint density at radius 3 is 2.50 bits per heavy atom. The van der Waals surface area contributed by atoms with Crippen molar-refractivity contribution in [2.45, 2.75) is 24.8 Å². The summed E-state index contributed by atoms with van der Waals surface area (Å²) < 4.78 is 34.8. The van der Waals surface area contributed by atoms with E-state index >= 15 is 0 Å². The van der Waals surface area contributed by atoms with Gasteiger partial charge in [0.2, 0.25) is 10.0 Å². The number of hydrogen-bond acceptors (Lipinski definition) is 7. The Hall–Kier alpha value is -3.83. The lowest BCUT2D eigenvalue weighted by Crippen LogP contribution is -2.35. The van der Waals surface area contributed by atoms with Crippen LogP contribution in [0.2, 0.25) is 0 Å². The number of hydrogen-bond donors (Lipinski definition) is 1. The minimum atomic E-state index is -3.68. The Balaban J connectivity index is 1.29. The Morgan fingerprint density at radius 1 is 1.06 bits per heavy atom. The molecule has 0 atom stereocenters. The molecule has 5 rings (SSSR count). The van der Waals surface area contributed by atoms with Crippen LogP contribution in [0, 0.1) is 6.92 Å². The van der Waals surface area contributed by atoms with Gasteiger partial charge < -0.3 is 4.42 Å². The quantitative estimate of drug-likeness (QED) is 0.468. The molecule has 1 amide bonds. The molecule has 0 bridgehead atoms. The molecule has 0 unspecified atom stereocenters. The van der Waals surface area contributed by atoms with Gasteiger partial charge in [0.15, 0.2) is 0 Å². The molecule has 4 aromatic rings. The number of sulfonamides is 1. The summed E-state index contributed by atoms with van der Waals surface area (Å²) in [5.41, 5.74) is 3.86. The van der Waals surface area contributed by atoms with Crippen LogP contribution in [-0.4, -0.2) is 45.2 Å². The number of benzene rings is 2.